The second-order valence-corrected chi connectivity index (χ2v) is 3.27. The zero-order chi connectivity index (χ0) is 8.32. The third-order valence-electron chi connectivity index (χ3n) is 2.45. The Morgan fingerprint density at radius 3 is 2.00 bits per heavy atom. The summed E-state index contributed by atoms with van der Waals surface area (Å²) in [5, 5.41) is 0. The van der Waals surface area contributed by atoms with Crippen LogP contribution in [0.4, 0.5) is 0 Å². The lowest BCUT2D eigenvalue weighted by Gasteiger charge is -2.26. The zero-order valence-corrected chi connectivity index (χ0v) is 7.89. The minimum Gasteiger partial charge on any atom is -0.369 e. The van der Waals surface area contributed by atoms with Gasteiger partial charge in [-0.15, -0.1) is 0 Å². The van der Waals surface area contributed by atoms with Gasteiger partial charge >= 0.3 is 0 Å². The molecule has 0 saturated carbocycles. The zero-order valence-electron chi connectivity index (χ0n) is 7.89. The molecule has 2 rings (SSSR count). The maximum atomic E-state index is 5.36. The normalized spacial score (nSPS) is 27.5. The van der Waals surface area contributed by atoms with Crippen molar-refractivity contribution in [2.24, 2.45) is 0 Å². The molecule has 0 amide bonds. The van der Waals surface area contributed by atoms with Crippen molar-refractivity contribution in [3.8, 4) is 0 Å². The van der Waals surface area contributed by atoms with E-state index in [4.69, 9.17) is 4.74 Å². The topological polar surface area (TPSA) is 15.8 Å². The van der Waals surface area contributed by atoms with Crippen molar-refractivity contribution >= 4 is 0 Å². The summed E-state index contributed by atoms with van der Waals surface area (Å²) in [6.45, 7) is 7.47. The number of hydrogen-bond donors (Lipinski definition) is 0. The van der Waals surface area contributed by atoms with Gasteiger partial charge in [-0.25, -0.2) is 0 Å². The Morgan fingerprint density at radius 2 is 1.64 bits per heavy atom. The number of rotatable bonds is 0. The van der Waals surface area contributed by atoms with Gasteiger partial charge in [0.15, 0.2) is 0 Å². The molecule has 0 N–H and O–H groups in total. The standard InChI is InChI=1S/C7H13NO.C2H6/c1-8-4-2-7(3-5-8)6-9-7;1-2/h2-6H2,1H3;1-2H3. The molecule has 0 aromatic heterocycles. The van der Waals surface area contributed by atoms with Gasteiger partial charge in [0, 0.05) is 13.1 Å². The molecular weight excluding hydrogens is 138 g/mol. The van der Waals surface area contributed by atoms with Crippen molar-refractivity contribution in [3.05, 3.63) is 0 Å². The van der Waals surface area contributed by atoms with Gasteiger partial charge < -0.3 is 9.64 Å². The molecule has 0 aromatic rings. The van der Waals surface area contributed by atoms with Crippen LogP contribution in [0.1, 0.15) is 26.7 Å². The van der Waals surface area contributed by atoms with Crippen LogP contribution >= 0.6 is 0 Å². The molecule has 66 valence electrons. The Labute approximate surface area is 69.5 Å². The van der Waals surface area contributed by atoms with Crippen molar-refractivity contribution in [1.82, 2.24) is 4.90 Å². The van der Waals surface area contributed by atoms with E-state index in [0.29, 0.717) is 5.60 Å². The molecule has 0 aliphatic carbocycles. The Morgan fingerprint density at radius 1 is 1.18 bits per heavy atom. The number of nitrogens with zero attached hydrogens (tertiary/aromatic N) is 1. The van der Waals surface area contributed by atoms with Crippen LogP contribution in [0.3, 0.4) is 0 Å². The van der Waals surface area contributed by atoms with Gasteiger partial charge in [0.25, 0.3) is 0 Å². The molecule has 11 heavy (non-hydrogen) atoms. The minimum absolute atomic E-state index is 0.368. The van der Waals surface area contributed by atoms with Crippen LogP contribution in [-0.2, 0) is 4.74 Å². The molecular formula is C9H19NO. The summed E-state index contributed by atoms with van der Waals surface area (Å²) in [6.07, 6.45) is 2.51. The van der Waals surface area contributed by atoms with E-state index in [1.165, 1.54) is 25.9 Å². The largest absolute Gasteiger partial charge is 0.369 e. The van der Waals surface area contributed by atoms with E-state index in [0.717, 1.165) is 6.61 Å². The van der Waals surface area contributed by atoms with Crippen molar-refractivity contribution in [3.63, 3.8) is 0 Å². The smallest absolute Gasteiger partial charge is 0.0940 e. The molecule has 2 saturated heterocycles. The molecule has 0 unspecified atom stereocenters. The minimum atomic E-state index is 0.368. The summed E-state index contributed by atoms with van der Waals surface area (Å²) >= 11 is 0. The van der Waals surface area contributed by atoms with E-state index in [-0.39, 0.29) is 0 Å². The highest BCUT2D eigenvalue weighted by Crippen LogP contribution is 2.37. The highest BCUT2D eigenvalue weighted by Gasteiger charge is 2.45. The molecule has 2 fully saturated rings. The fourth-order valence-corrected chi connectivity index (χ4v) is 1.42. The molecule has 1 spiro atoms. The van der Waals surface area contributed by atoms with Gasteiger partial charge in [-0.05, 0) is 19.9 Å². The number of likely N-dealkylation sites (tertiary alicyclic amines) is 1. The van der Waals surface area contributed by atoms with E-state index in [9.17, 15) is 0 Å². The first-order valence-electron chi connectivity index (χ1n) is 4.63. The van der Waals surface area contributed by atoms with Crippen LogP contribution in [0.15, 0.2) is 0 Å². The predicted octanol–water partition coefficient (Wildman–Crippen LogP) is 1.51. The maximum Gasteiger partial charge on any atom is 0.0940 e. The molecule has 0 radical (unpaired) electrons. The van der Waals surface area contributed by atoms with Crippen molar-refractivity contribution in [2.45, 2.75) is 32.3 Å². The number of epoxide rings is 1. The Bertz CT molecular complexity index is 111. The van der Waals surface area contributed by atoms with Crippen molar-refractivity contribution in [2.75, 3.05) is 26.7 Å². The van der Waals surface area contributed by atoms with Crippen molar-refractivity contribution in [1.29, 1.82) is 0 Å². The third kappa shape index (κ3) is 2.17. The average Bonchev–Trinajstić information content (AvgIpc) is 2.81. The molecule has 2 aliphatic rings. The molecule has 2 aliphatic heterocycles. The lowest BCUT2D eigenvalue weighted by Crippen LogP contribution is -2.34. The summed E-state index contributed by atoms with van der Waals surface area (Å²) in [5.41, 5.74) is 0.368. The van der Waals surface area contributed by atoms with Crippen LogP contribution in [0.25, 0.3) is 0 Å². The summed E-state index contributed by atoms with van der Waals surface area (Å²) in [4.78, 5) is 2.37. The summed E-state index contributed by atoms with van der Waals surface area (Å²) in [5.74, 6) is 0. The van der Waals surface area contributed by atoms with Gasteiger partial charge in [-0.1, -0.05) is 13.8 Å². The molecule has 2 nitrogen and oxygen atoms in total. The van der Waals surface area contributed by atoms with Crippen LogP contribution in [0, 0.1) is 0 Å². The van der Waals surface area contributed by atoms with E-state index in [2.05, 4.69) is 11.9 Å². The quantitative estimate of drug-likeness (QED) is 0.495. The number of ether oxygens (including phenoxy) is 1. The van der Waals surface area contributed by atoms with E-state index < -0.39 is 0 Å². The highest BCUT2D eigenvalue weighted by molar-refractivity contribution is 4.95. The van der Waals surface area contributed by atoms with Gasteiger partial charge in [-0.3, -0.25) is 0 Å². The van der Waals surface area contributed by atoms with E-state index >= 15 is 0 Å². The molecule has 0 bridgehead atoms. The average molecular weight is 157 g/mol. The molecule has 2 heteroatoms. The Kier molecular flexibility index (Phi) is 2.90. The Balaban J connectivity index is 0.000000281. The van der Waals surface area contributed by atoms with Crippen molar-refractivity contribution < 1.29 is 4.74 Å². The van der Waals surface area contributed by atoms with Gasteiger partial charge in [0.05, 0.1) is 12.2 Å². The lowest BCUT2D eigenvalue weighted by molar-refractivity contribution is 0.169. The first-order chi connectivity index (χ1) is 5.31. The lowest BCUT2D eigenvalue weighted by atomic mass is 9.98. The maximum absolute atomic E-state index is 5.36. The third-order valence-corrected chi connectivity index (χ3v) is 2.45. The van der Waals surface area contributed by atoms with Crippen LogP contribution in [0.5, 0.6) is 0 Å². The summed E-state index contributed by atoms with van der Waals surface area (Å²) in [7, 11) is 2.18. The second kappa shape index (κ2) is 3.55. The van der Waals surface area contributed by atoms with Crippen LogP contribution in [0.2, 0.25) is 0 Å². The predicted molar refractivity (Wildman–Crippen MR) is 46.8 cm³/mol. The fourth-order valence-electron chi connectivity index (χ4n) is 1.42. The van der Waals surface area contributed by atoms with Crippen LogP contribution in [-0.4, -0.2) is 37.2 Å². The first-order valence-corrected chi connectivity index (χ1v) is 4.63. The monoisotopic (exact) mass is 157 g/mol. The SMILES string of the molecule is CC.CN1CCC2(CC1)CO2. The second-order valence-electron chi connectivity index (χ2n) is 3.27. The fraction of sp³-hybridized carbons (Fsp3) is 1.00. The number of hydrogen-bond acceptors (Lipinski definition) is 2. The van der Waals surface area contributed by atoms with Gasteiger partial charge in [0.1, 0.15) is 0 Å². The highest BCUT2D eigenvalue weighted by atomic mass is 16.6. The number of piperidine rings is 1. The van der Waals surface area contributed by atoms with Gasteiger partial charge in [0.2, 0.25) is 0 Å². The van der Waals surface area contributed by atoms with Crippen LogP contribution < -0.4 is 0 Å². The molecule has 2 heterocycles. The molecule has 0 aromatic carbocycles. The van der Waals surface area contributed by atoms with E-state index in [1.807, 2.05) is 13.8 Å². The summed E-state index contributed by atoms with van der Waals surface area (Å²) < 4.78 is 5.36. The summed E-state index contributed by atoms with van der Waals surface area (Å²) in [6, 6.07) is 0. The Hall–Kier alpha value is -0.0800. The van der Waals surface area contributed by atoms with E-state index in [1.54, 1.807) is 0 Å². The molecule has 0 atom stereocenters. The van der Waals surface area contributed by atoms with Gasteiger partial charge in [-0.2, -0.15) is 0 Å². The first kappa shape index (κ1) is 9.01.